The summed E-state index contributed by atoms with van der Waals surface area (Å²) in [7, 11) is 0. The molecule has 0 unspecified atom stereocenters. The molecule has 0 spiro atoms. The summed E-state index contributed by atoms with van der Waals surface area (Å²) in [6, 6.07) is 4.83. The molecule has 6 heteroatoms. The number of alkyl halides is 3. The Hall–Kier alpha value is -0.780. The molecule has 0 bridgehead atoms. The first-order valence-electron chi connectivity index (χ1n) is 5.58. The third-order valence-corrected chi connectivity index (χ3v) is 2.61. The van der Waals surface area contributed by atoms with Gasteiger partial charge in [0.25, 0.3) is 0 Å². The molecule has 0 fully saturated rings. The minimum absolute atomic E-state index is 0. The molecule has 18 heavy (non-hydrogen) atoms. The van der Waals surface area contributed by atoms with Crippen LogP contribution in [0.2, 0.25) is 0 Å². The number of nitrogens with two attached hydrogens (primary N) is 2. The maximum atomic E-state index is 12.5. The van der Waals surface area contributed by atoms with Crippen LogP contribution in [-0.2, 0) is 6.18 Å². The van der Waals surface area contributed by atoms with E-state index in [2.05, 4.69) is 0 Å². The van der Waals surface area contributed by atoms with E-state index in [4.69, 9.17) is 11.5 Å². The first-order valence-corrected chi connectivity index (χ1v) is 5.58. The molecule has 0 aliphatic heterocycles. The SMILES string of the molecule is Cl.NCCCC[C@@H](N)c1cccc(C(F)(F)F)c1. The van der Waals surface area contributed by atoms with Crippen LogP contribution in [0.1, 0.15) is 36.4 Å². The Balaban J connectivity index is 0.00000289. The van der Waals surface area contributed by atoms with Crippen molar-refractivity contribution in [2.45, 2.75) is 31.5 Å². The van der Waals surface area contributed by atoms with E-state index in [1.54, 1.807) is 6.07 Å². The normalized spacial score (nSPS) is 12.9. The molecule has 104 valence electrons. The van der Waals surface area contributed by atoms with Gasteiger partial charge in [0.1, 0.15) is 0 Å². The third-order valence-electron chi connectivity index (χ3n) is 2.61. The average molecular weight is 283 g/mol. The molecule has 1 rings (SSSR count). The molecule has 0 heterocycles. The van der Waals surface area contributed by atoms with Crippen LogP contribution in [0.5, 0.6) is 0 Å². The van der Waals surface area contributed by atoms with Gasteiger partial charge in [0.15, 0.2) is 0 Å². The summed E-state index contributed by atoms with van der Waals surface area (Å²) >= 11 is 0. The number of hydrogen-bond donors (Lipinski definition) is 2. The van der Waals surface area contributed by atoms with Crippen molar-refractivity contribution in [1.82, 2.24) is 0 Å². The van der Waals surface area contributed by atoms with Gasteiger partial charge in [-0.2, -0.15) is 13.2 Å². The van der Waals surface area contributed by atoms with Gasteiger partial charge in [-0.15, -0.1) is 12.4 Å². The zero-order valence-corrected chi connectivity index (χ0v) is 10.7. The first-order chi connectivity index (χ1) is 7.95. The average Bonchev–Trinajstić information content (AvgIpc) is 2.28. The van der Waals surface area contributed by atoms with Crippen LogP contribution < -0.4 is 11.5 Å². The molecule has 0 radical (unpaired) electrons. The van der Waals surface area contributed by atoms with Crippen molar-refractivity contribution in [2.24, 2.45) is 11.5 Å². The highest BCUT2D eigenvalue weighted by molar-refractivity contribution is 5.85. The van der Waals surface area contributed by atoms with Crippen molar-refractivity contribution in [3.63, 3.8) is 0 Å². The molecule has 2 nitrogen and oxygen atoms in total. The van der Waals surface area contributed by atoms with Gasteiger partial charge in [-0.05, 0) is 37.1 Å². The number of halogens is 4. The Bertz CT molecular complexity index is 355. The lowest BCUT2D eigenvalue weighted by Crippen LogP contribution is -2.13. The Kier molecular flexibility index (Phi) is 7.28. The molecular formula is C12H18ClF3N2. The first kappa shape index (κ1) is 17.2. The van der Waals surface area contributed by atoms with Gasteiger partial charge in [0.2, 0.25) is 0 Å². The molecular weight excluding hydrogens is 265 g/mol. The van der Waals surface area contributed by atoms with Crippen molar-refractivity contribution in [3.05, 3.63) is 35.4 Å². The van der Waals surface area contributed by atoms with Crippen molar-refractivity contribution in [3.8, 4) is 0 Å². The Morgan fingerprint density at radius 2 is 1.83 bits per heavy atom. The Morgan fingerprint density at radius 1 is 1.17 bits per heavy atom. The van der Waals surface area contributed by atoms with Gasteiger partial charge < -0.3 is 11.5 Å². The number of hydrogen-bond acceptors (Lipinski definition) is 2. The van der Waals surface area contributed by atoms with Crippen LogP contribution in [0.3, 0.4) is 0 Å². The van der Waals surface area contributed by atoms with Gasteiger partial charge >= 0.3 is 6.18 Å². The summed E-state index contributed by atoms with van der Waals surface area (Å²) in [5.74, 6) is 0. The number of unbranched alkanes of at least 4 members (excludes halogenated alkanes) is 1. The van der Waals surface area contributed by atoms with Crippen LogP contribution in [0, 0.1) is 0 Å². The van der Waals surface area contributed by atoms with Gasteiger partial charge in [-0.25, -0.2) is 0 Å². The topological polar surface area (TPSA) is 52.0 Å². The van der Waals surface area contributed by atoms with E-state index < -0.39 is 11.7 Å². The molecule has 1 aromatic rings. The minimum Gasteiger partial charge on any atom is -0.330 e. The lowest BCUT2D eigenvalue weighted by molar-refractivity contribution is -0.137. The summed E-state index contributed by atoms with van der Waals surface area (Å²) in [4.78, 5) is 0. The molecule has 0 amide bonds. The molecule has 1 atom stereocenters. The Morgan fingerprint density at radius 3 is 2.39 bits per heavy atom. The van der Waals surface area contributed by atoms with Crippen LogP contribution in [-0.4, -0.2) is 6.54 Å². The van der Waals surface area contributed by atoms with E-state index >= 15 is 0 Å². The van der Waals surface area contributed by atoms with E-state index in [1.165, 1.54) is 6.07 Å². The predicted molar refractivity (Wildman–Crippen MR) is 68.5 cm³/mol. The number of benzene rings is 1. The van der Waals surface area contributed by atoms with Crippen LogP contribution in [0.4, 0.5) is 13.2 Å². The predicted octanol–water partition coefficient (Wildman–Crippen LogP) is 3.26. The molecule has 4 N–H and O–H groups in total. The molecule has 0 saturated heterocycles. The Labute approximate surface area is 111 Å². The van der Waals surface area contributed by atoms with Crippen molar-refractivity contribution >= 4 is 12.4 Å². The summed E-state index contributed by atoms with van der Waals surface area (Å²) in [6.07, 6.45) is -1.99. The second kappa shape index (κ2) is 7.61. The quantitative estimate of drug-likeness (QED) is 0.815. The third kappa shape index (κ3) is 5.25. The highest BCUT2D eigenvalue weighted by atomic mass is 35.5. The molecule has 1 aromatic carbocycles. The monoisotopic (exact) mass is 282 g/mol. The van der Waals surface area contributed by atoms with E-state index in [0.29, 0.717) is 18.5 Å². The largest absolute Gasteiger partial charge is 0.416 e. The van der Waals surface area contributed by atoms with Gasteiger partial charge in [-0.3, -0.25) is 0 Å². The molecule has 0 saturated carbocycles. The summed E-state index contributed by atoms with van der Waals surface area (Å²) in [5, 5.41) is 0. The molecule has 0 aromatic heterocycles. The minimum atomic E-state index is -4.31. The molecule has 0 aliphatic rings. The molecule has 0 aliphatic carbocycles. The smallest absolute Gasteiger partial charge is 0.330 e. The van der Waals surface area contributed by atoms with Crippen molar-refractivity contribution in [1.29, 1.82) is 0 Å². The second-order valence-electron chi connectivity index (χ2n) is 4.01. The second-order valence-corrected chi connectivity index (χ2v) is 4.01. The maximum absolute atomic E-state index is 12.5. The van der Waals surface area contributed by atoms with E-state index in [0.717, 1.165) is 25.0 Å². The van der Waals surface area contributed by atoms with Gasteiger partial charge in [0.05, 0.1) is 5.56 Å². The maximum Gasteiger partial charge on any atom is 0.416 e. The fourth-order valence-corrected chi connectivity index (χ4v) is 1.62. The lowest BCUT2D eigenvalue weighted by atomic mass is 10.00. The summed E-state index contributed by atoms with van der Waals surface area (Å²) < 4.78 is 37.4. The van der Waals surface area contributed by atoms with Crippen molar-refractivity contribution in [2.75, 3.05) is 6.54 Å². The summed E-state index contributed by atoms with van der Waals surface area (Å²) in [6.45, 7) is 0.579. The van der Waals surface area contributed by atoms with E-state index in [-0.39, 0.29) is 18.4 Å². The number of rotatable bonds is 5. The van der Waals surface area contributed by atoms with Crippen LogP contribution in [0.25, 0.3) is 0 Å². The van der Waals surface area contributed by atoms with Gasteiger partial charge in [-0.1, -0.05) is 18.6 Å². The highest BCUT2D eigenvalue weighted by Crippen LogP contribution is 2.31. The lowest BCUT2D eigenvalue weighted by Gasteiger charge is -2.14. The zero-order valence-electron chi connectivity index (χ0n) is 9.91. The van der Waals surface area contributed by atoms with Crippen molar-refractivity contribution < 1.29 is 13.2 Å². The fourth-order valence-electron chi connectivity index (χ4n) is 1.62. The van der Waals surface area contributed by atoms with E-state index in [9.17, 15) is 13.2 Å². The zero-order chi connectivity index (χ0) is 12.9. The van der Waals surface area contributed by atoms with Crippen LogP contribution >= 0.6 is 12.4 Å². The highest BCUT2D eigenvalue weighted by Gasteiger charge is 2.30. The van der Waals surface area contributed by atoms with Gasteiger partial charge in [0, 0.05) is 6.04 Å². The summed E-state index contributed by atoms with van der Waals surface area (Å²) in [5.41, 5.74) is 11.1. The van der Waals surface area contributed by atoms with Crippen LogP contribution in [0.15, 0.2) is 24.3 Å². The van der Waals surface area contributed by atoms with E-state index in [1.807, 2.05) is 0 Å². The fraction of sp³-hybridized carbons (Fsp3) is 0.500. The standard InChI is InChI=1S/C12H17F3N2.ClH/c13-12(14,15)10-5-3-4-9(8-10)11(17)6-1-2-7-16;/h3-5,8,11H,1-2,6-7,16-17H2;1H/t11-;/m1./s1.